The van der Waals surface area contributed by atoms with Crippen molar-refractivity contribution in [3.63, 3.8) is 0 Å². The molecule has 0 atom stereocenters. The highest BCUT2D eigenvalue weighted by atomic mass is 32.2. The van der Waals surface area contributed by atoms with E-state index in [0.717, 1.165) is 5.56 Å². The van der Waals surface area contributed by atoms with Crippen LogP contribution in [0, 0.1) is 0 Å². The van der Waals surface area contributed by atoms with Crippen LogP contribution in [0.3, 0.4) is 0 Å². The third kappa shape index (κ3) is 3.76. The average Bonchev–Trinajstić information content (AvgIpc) is 2.91. The molecule has 0 unspecified atom stereocenters. The number of imidazole rings is 1. The van der Waals surface area contributed by atoms with Crippen LogP contribution in [0.1, 0.15) is 18.3 Å². The number of hydrogen-bond acceptors (Lipinski definition) is 4. The van der Waals surface area contributed by atoms with Crippen molar-refractivity contribution in [2.24, 2.45) is 7.05 Å². The molecule has 0 aliphatic carbocycles. The Hall–Kier alpha value is -2.01. The van der Waals surface area contributed by atoms with E-state index in [9.17, 15) is 4.79 Å². The van der Waals surface area contributed by atoms with E-state index in [1.807, 2.05) is 43.6 Å². The van der Waals surface area contributed by atoms with Crippen molar-refractivity contribution >= 4 is 29.4 Å². The van der Waals surface area contributed by atoms with Gasteiger partial charge in [-0.25, -0.2) is 9.78 Å². The Labute approximate surface area is 128 Å². The smallest absolute Gasteiger partial charge is 0.341 e. The summed E-state index contributed by atoms with van der Waals surface area (Å²) in [4.78, 5) is 17.6. The van der Waals surface area contributed by atoms with E-state index in [-0.39, 0.29) is 5.97 Å². The number of ether oxygens (including phenoxy) is 1. The van der Waals surface area contributed by atoms with Crippen molar-refractivity contribution in [3.8, 4) is 0 Å². The second kappa shape index (κ2) is 7.13. The van der Waals surface area contributed by atoms with Gasteiger partial charge in [0, 0.05) is 24.3 Å². The lowest BCUT2D eigenvalue weighted by Crippen LogP contribution is -2.10. The van der Waals surface area contributed by atoms with Gasteiger partial charge in [0.1, 0.15) is 11.4 Å². The van der Waals surface area contributed by atoms with Crippen molar-refractivity contribution in [3.05, 3.63) is 48.0 Å². The van der Waals surface area contributed by atoms with Crippen LogP contribution in [0.25, 0.3) is 11.6 Å². The Balaban J connectivity index is 2.40. The highest BCUT2D eigenvalue weighted by molar-refractivity contribution is 7.98. The van der Waals surface area contributed by atoms with Gasteiger partial charge in [0.15, 0.2) is 0 Å². The molecular weight excluding hydrogens is 284 g/mol. The zero-order valence-corrected chi connectivity index (χ0v) is 13.2. The van der Waals surface area contributed by atoms with Gasteiger partial charge in [-0.15, -0.1) is 11.8 Å². The Kier molecular flexibility index (Phi) is 5.22. The summed E-state index contributed by atoms with van der Waals surface area (Å²) in [6.45, 7) is 2.13. The fourth-order valence-corrected chi connectivity index (χ4v) is 2.32. The number of carbonyl (C=O) groups is 1. The highest BCUT2D eigenvalue weighted by Crippen LogP contribution is 2.20. The van der Waals surface area contributed by atoms with E-state index in [1.165, 1.54) is 4.90 Å². The topological polar surface area (TPSA) is 44.1 Å². The fraction of sp³-hybridized carbons (Fsp3) is 0.250. The van der Waals surface area contributed by atoms with Gasteiger partial charge in [0.05, 0.1) is 6.61 Å². The van der Waals surface area contributed by atoms with Gasteiger partial charge < -0.3 is 9.30 Å². The average molecular weight is 302 g/mol. The summed E-state index contributed by atoms with van der Waals surface area (Å²) in [5, 5.41) is 0. The molecule has 0 aliphatic rings. The maximum absolute atomic E-state index is 12.2. The minimum Gasteiger partial charge on any atom is -0.462 e. The maximum Gasteiger partial charge on any atom is 0.341 e. The van der Waals surface area contributed by atoms with Crippen molar-refractivity contribution in [1.29, 1.82) is 0 Å². The number of nitrogens with zero attached hydrogens (tertiary/aromatic N) is 2. The molecule has 1 heterocycles. The summed E-state index contributed by atoms with van der Waals surface area (Å²) in [7, 11) is 1.85. The van der Waals surface area contributed by atoms with E-state index >= 15 is 0 Å². The first-order chi connectivity index (χ1) is 10.2. The number of thioether (sulfide) groups is 1. The first-order valence-electron chi connectivity index (χ1n) is 6.66. The number of hydrogen-bond donors (Lipinski definition) is 0. The number of esters is 1. The van der Waals surface area contributed by atoms with E-state index in [1.54, 1.807) is 35.6 Å². The molecule has 0 bridgehead atoms. The highest BCUT2D eigenvalue weighted by Gasteiger charge is 2.17. The SMILES string of the molecule is CCOC(=O)/C(=C\c1ccc(SC)cc1)c1nccn1C. The number of benzene rings is 1. The number of carbonyl (C=O) groups excluding carboxylic acids is 1. The molecular formula is C16H18N2O2S. The van der Waals surface area contributed by atoms with Crippen LogP contribution < -0.4 is 0 Å². The minimum absolute atomic E-state index is 0.339. The molecule has 0 fully saturated rings. The summed E-state index contributed by atoms with van der Waals surface area (Å²) >= 11 is 1.68. The Morgan fingerprint density at radius 3 is 2.62 bits per heavy atom. The van der Waals surface area contributed by atoms with Gasteiger partial charge in [-0.3, -0.25) is 0 Å². The number of aryl methyl sites for hydroxylation is 1. The molecule has 2 aromatic rings. The first kappa shape index (κ1) is 15.4. The Morgan fingerprint density at radius 1 is 1.38 bits per heavy atom. The summed E-state index contributed by atoms with van der Waals surface area (Å²) in [6.07, 6.45) is 7.31. The van der Waals surface area contributed by atoms with Crippen molar-refractivity contribution in [2.75, 3.05) is 12.9 Å². The van der Waals surface area contributed by atoms with Crippen LogP contribution in [0.5, 0.6) is 0 Å². The predicted octanol–water partition coefficient (Wildman–Crippen LogP) is 3.25. The number of aromatic nitrogens is 2. The van der Waals surface area contributed by atoms with Crippen molar-refractivity contribution in [1.82, 2.24) is 9.55 Å². The van der Waals surface area contributed by atoms with Gasteiger partial charge in [-0.2, -0.15) is 0 Å². The minimum atomic E-state index is -0.360. The molecule has 5 heteroatoms. The largest absolute Gasteiger partial charge is 0.462 e. The predicted molar refractivity (Wildman–Crippen MR) is 85.9 cm³/mol. The van der Waals surface area contributed by atoms with Crippen LogP contribution in [0.15, 0.2) is 41.6 Å². The molecule has 0 saturated heterocycles. The van der Waals surface area contributed by atoms with Crippen LogP contribution >= 0.6 is 11.8 Å². The summed E-state index contributed by atoms with van der Waals surface area (Å²) in [5.41, 5.74) is 1.40. The molecule has 0 spiro atoms. The lowest BCUT2D eigenvalue weighted by atomic mass is 10.1. The molecule has 1 aromatic heterocycles. The summed E-state index contributed by atoms with van der Waals surface area (Å²) < 4.78 is 6.94. The molecule has 21 heavy (non-hydrogen) atoms. The monoisotopic (exact) mass is 302 g/mol. The molecule has 0 radical (unpaired) electrons. The van der Waals surface area contributed by atoms with Gasteiger partial charge in [0.25, 0.3) is 0 Å². The Morgan fingerprint density at radius 2 is 2.10 bits per heavy atom. The lowest BCUT2D eigenvalue weighted by molar-refractivity contribution is -0.136. The molecule has 0 N–H and O–H groups in total. The first-order valence-corrected chi connectivity index (χ1v) is 7.88. The molecule has 2 rings (SSSR count). The molecule has 0 aliphatic heterocycles. The van der Waals surface area contributed by atoms with Crippen LogP contribution in [-0.2, 0) is 16.6 Å². The number of rotatable bonds is 5. The molecule has 4 nitrogen and oxygen atoms in total. The summed E-state index contributed by atoms with van der Waals surface area (Å²) in [6, 6.07) is 8.01. The third-order valence-electron chi connectivity index (χ3n) is 2.98. The molecule has 1 aromatic carbocycles. The second-order valence-electron chi connectivity index (χ2n) is 4.41. The zero-order chi connectivity index (χ0) is 15.2. The molecule has 110 valence electrons. The molecule has 0 saturated carbocycles. The van der Waals surface area contributed by atoms with Gasteiger partial charge in [-0.1, -0.05) is 12.1 Å². The standard InChI is InChI=1S/C16H18N2O2S/c1-4-20-16(19)14(15-17-9-10-18(15)2)11-12-5-7-13(21-3)8-6-12/h5-11H,4H2,1-3H3/b14-11-. The van der Waals surface area contributed by atoms with E-state index in [0.29, 0.717) is 18.0 Å². The summed E-state index contributed by atoms with van der Waals surface area (Å²) in [5.74, 6) is 0.239. The lowest BCUT2D eigenvalue weighted by Gasteiger charge is -2.07. The fourth-order valence-electron chi connectivity index (χ4n) is 1.92. The third-order valence-corrected chi connectivity index (χ3v) is 3.73. The van der Waals surface area contributed by atoms with E-state index in [4.69, 9.17) is 4.74 Å². The second-order valence-corrected chi connectivity index (χ2v) is 5.29. The van der Waals surface area contributed by atoms with Crippen molar-refractivity contribution < 1.29 is 9.53 Å². The maximum atomic E-state index is 12.2. The Bertz CT molecular complexity index is 645. The van der Waals surface area contributed by atoms with Crippen LogP contribution in [0.2, 0.25) is 0 Å². The van der Waals surface area contributed by atoms with Gasteiger partial charge in [0.2, 0.25) is 0 Å². The molecule has 0 amide bonds. The quantitative estimate of drug-likeness (QED) is 0.483. The zero-order valence-electron chi connectivity index (χ0n) is 12.4. The van der Waals surface area contributed by atoms with E-state index in [2.05, 4.69) is 4.98 Å². The normalized spacial score (nSPS) is 11.5. The van der Waals surface area contributed by atoms with Crippen molar-refractivity contribution in [2.45, 2.75) is 11.8 Å². The van der Waals surface area contributed by atoms with Crippen LogP contribution in [0.4, 0.5) is 0 Å². The van der Waals surface area contributed by atoms with Gasteiger partial charge >= 0.3 is 5.97 Å². The van der Waals surface area contributed by atoms with Gasteiger partial charge in [-0.05, 0) is 37.0 Å². The van der Waals surface area contributed by atoms with Crippen LogP contribution in [-0.4, -0.2) is 28.4 Å². The van der Waals surface area contributed by atoms with E-state index < -0.39 is 0 Å².